The van der Waals surface area contributed by atoms with Crippen molar-refractivity contribution in [3.8, 4) is 11.4 Å². The van der Waals surface area contributed by atoms with Crippen molar-refractivity contribution in [3.05, 3.63) is 60.3 Å². The van der Waals surface area contributed by atoms with E-state index in [1.54, 1.807) is 30.3 Å². The third-order valence-electron chi connectivity index (χ3n) is 4.98. The van der Waals surface area contributed by atoms with Crippen LogP contribution < -0.4 is 10.2 Å². The van der Waals surface area contributed by atoms with Gasteiger partial charge in [-0.05, 0) is 30.3 Å². The molecule has 0 aliphatic carbocycles. The maximum Gasteiger partial charge on any atom is 0.165 e. The summed E-state index contributed by atoms with van der Waals surface area (Å²) in [7, 11) is 0. The Kier molecular flexibility index (Phi) is 4.72. The molecular formula is C21H18F2N6O. The summed E-state index contributed by atoms with van der Waals surface area (Å²) in [5.74, 6) is -0.164. The summed E-state index contributed by atoms with van der Waals surface area (Å²) in [6.07, 6.45) is 1.54. The molecule has 1 aliphatic rings. The van der Waals surface area contributed by atoms with Crippen LogP contribution >= 0.6 is 0 Å². The van der Waals surface area contributed by atoms with Crippen molar-refractivity contribution in [2.45, 2.75) is 0 Å². The van der Waals surface area contributed by atoms with E-state index in [1.165, 1.54) is 18.3 Å². The van der Waals surface area contributed by atoms with E-state index in [4.69, 9.17) is 4.74 Å². The van der Waals surface area contributed by atoms with E-state index in [2.05, 4.69) is 25.5 Å². The molecule has 30 heavy (non-hydrogen) atoms. The molecule has 9 heteroatoms. The third kappa shape index (κ3) is 3.43. The van der Waals surface area contributed by atoms with Crippen LogP contribution in [0.25, 0.3) is 22.4 Å². The van der Waals surface area contributed by atoms with E-state index >= 15 is 0 Å². The van der Waals surface area contributed by atoms with Gasteiger partial charge in [0, 0.05) is 18.8 Å². The predicted molar refractivity (Wildman–Crippen MR) is 110 cm³/mol. The fourth-order valence-electron chi connectivity index (χ4n) is 3.48. The van der Waals surface area contributed by atoms with Crippen molar-refractivity contribution in [3.63, 3.8) is 0 Å². The molecule has 0 atom stereocenters. The molecule has 4 aromatic rings. The molecule has 1 saturated heterocycles. The zero-order valence-corrected chi connectivity index (χ0v) is 15.9. The first kappa shape index (κ1) is 18.4. The summed E-state index contributed by atoms with van der Waals surface area (Å²) in [6, 6.07) is 11.2. The summed E-state index contributed by atoms with van der Waals surface area (Å²) in [5.41, 5.74) is 2.39. The number of fused-ring (bicyclic) bond motifs is 1. The molecule has 3 heterocycles. The highest BCUT2D eigenvalue weighted by atomic mass is 19.1. The number of aromatic nitrogens is 4. The summed E-state index contributed by atoms with van der Waals surface area (Å²) < 4.78 is 34.3. The highest BCUT2D eigenvalue weighted by Gasteiger charge is 2.17. The lowest BCUT2D eigenvalue weighted by Crippen LogP contribution is -2.36. The first-order chi connectivity index (χ1) is 14.7. The number of H-pyrrole nitrogens is 1. The third-order valence-corrected chi connectivity index (χ3v) is 4.98. The number of rotatable bonds is 4. The minimum atomic E-state index is -0.424. The number of hydrogen-bond donors (Lipinski definition) is 2. The number of hydrogen-bond acceptors (Lipinski definition) is 6. The van der Waals surface area contributed by atoms with Gasteiger partial charge in [0.05, 0.1) is 30.7 Å². The number of anilines is 3. The Bertz CT molecular complexity index is 1210. The molecule has 5 rings (SSSR count). The summed E-state index contributed by atoms with van der Waals surface area (Å²) in [5, 5.41) is 9.94. The topological polar surface area (TPSA) is 79.0 Å². The van der Waals surface area contributed by atoms with E-state index in [0.29, 0.717) is 54.5 Å². The Morgan fingerprint density at radius 1 is 1.00 bits per heavy atom. The van der Waals surface area contributed by atoms with Crippen LogP contribution in [-0.4, -0.2) is 46.5 Å². The van der Waals surface area contributed by atoms with Gasteiger partial charge in [-0.1, -0.05) is 12.1 Å². The molecule has 0 unspecified atom stereocenters. The van der Waals surface area contributed by atoms with E-state index in [0.717, 1.165) is 0 Å². The van der Waals surface area contributed by atoms with Gasteiger partial charge in [0.25, 0.3) is 0 Å². The number of nitrogens with one attached hydrogen (secondary N) is 2. The van der Waals surface area contributed by atoms with Gasteiger partial charge in [-0.3, -0.25) is 5.10 Å². The molecule has 7 nitrogen and oxygen atoms in total. The zero-order chi connectivity index (χ0) is 20.5. The molecule has 2 aromatic heterocycles. The van der Waals surface area contributed by atoms with Gasteiger partial charge in [-0.15, -0.1) is 0 Å². The van der Waals surface area contributed by atoms with Crippen LogP contribution in [-0.2, 0) is 4.74 Å². The molecule has 0 radical (unpaired) electrons. The minimum Gasteiger partial charge on any atom is -0.378 e. The van der Waals surface area contributed by atoms with Gasteiger partial charge in [-0.2, -0.15) is 5.10 Å². The fourth-order valence-corrected chi connectivity index (χ4v) is 3.48. The van der Waals surface area contributed by atoms with Crippen molar-refractivity contribution in [1.29, 1.82) is 0 Å². The summed E-state index contributed by atoms with van der Waals surface area (Å²) in [4.78, 5) is 10.8. The number of halogens is 2. The van der Waals surface area contributed by atoms with Crippen LogP contribution in [0.3, 0.4) is 0 Å². The fraction of sp³-hybridized carbons (Fsp3) is 0.190. The number of ether oxygens (including phenoxy) is 1. The molecule has 1 fully saturated rings. The average molecular weight is 408 g/mol. The van der Waals surface area contributed by atoms with Crippen LogP contribution in [0.15, 0.2) is 48.7 Å². The van der Waals surface area contributed by atoms with E-state index in [-0.39, 0.29) is 17.2 Å². The Morgan fingerprint density at radius 3 is 2.63 bits per heavy atom. The molecule has 0 spiro atoms. The van der Waals surface area contributed by atoms with Crippen molar-refractivity contribution >= 4 is 28.2 Å². The van der Waals surface area contributed by atoms with Crippen LogP contribution in [0.4, 0.5) is 26.0 Å². The lowest BCUT2D eigenvalue weighted by atomic mass is 10.2. The number of nitrogens with zero attached hydrogens (tertiary/aromatic N) is 4. The smallest absolute Gasteiger partial charge is 0.165 e. The number of morpholine rings is 1. The molecule has 0 bridgehead atoms. The monoisotopic (exact) mass is 408 g/mol. The first-order valence-corrected chi connectivity index (χ1v) is 9.54. The van der Waals surface area contributed by atoms with Gasteiger partial charge in [0.15, 0.2) is 11.6 Å². The van der Waals surface area contributed by atoms with Crippen LogP contribution in [0.5, 0.6) is 0 Å². The van der Waals surface area contributed by atoms with Crippen molar-refractivity contribution in [2.75, 3.05) is 36.5 Å². The second kappa shape index (κ2) is 7.68. The maximum absolute atomic E-state index is 14.8. The van der Waals surface area contributed by atoms with E-state index < -0.39 is 5.82 Å². The summed E-state index contributed by atoms with van der Waals surface area (Å²) >= 11 is 0. The van der Waals surface area contributed by atoms with Crippen LogP contribution in [0, 0.1) is 11.6 Å². The molecule has 2 N–H and O–H groups in total. The van der Waals surface area contributed by atoms with Crippen LogP contribution in [0.1, 0.15) is 0 Å². The number of benzene rings is 2. The van der Waals surface area contributed by atoms with Gasteiger partial charge in [0.2, 0.25) is 0 Å². The van der Waals surface area contributed by atoms with Gasteiger partial charge in [-0.25, -0.2) is 18.7 Å². The SMILES string of the molecule is Fc1ccccc1-c1nc(Nc2ccc(N3CCOCC3)c(F)c2)c2[nH]ncc2n1. The Hall–Kier alpha value is -3.59. The molecule has 2 aromatic carbocycles. The van der Waals surface area contributed by atoms with Gasteiger partial charge < -0.3 is 15.0 Å². The Morgan fingerprint density at radius 2 is 1.83 bits per heavy atom. The van der Waals surface area contributed by atoms with Gasteiger partial charge in [0.1, 0.15) is 22.7 Å². The molecular weight excluding hydrogens is 390 g/mol. The van der Waals surface area contributed by atoms with Crippen molar-refractivity contribution in [1.82, 2.24) is 20.2 Å². The second-order valence-corrected chi connectivity index (χ2v) is 6.90. The standard InChI is InChI=1S/C21H18F2N6O/c22-15-4-2-1-3-14(15)20-26-17-12-24-28-19(17)21(27-20)25-13-5-6-18(16(23)11-13)29-7-9-30-10-8-29/h1-6,11-12H,7-10H2,(H,24,28)(H,25,26,27). The quantitative estimate of drug-likeness (QED) is 0.534. The molecule has 0 saturated carbocycles. The minimum absolute atomic E-state index is 0.218. The highest BCUT2D eigenvalue weighted by Crippen LogP contribution is 2.29. The first-order valence-electron chi connectivity index (χ1n) is 9.54. The number of aromatic amines is 1. The van der Waals surface area contributed by atoms with Crippen molar-refractivity contribution in [2.24, 2.45) is 0 Å². The molecule has 1 aliphatic heterocycles. The normalized spacial score (nSPS) is 14.3. The predicted octanol–water partition coefficient (Wildman–Crippen LogP) is 3.88. The largest absolute Gasteiger partial charge is 0.378 e. The lowest BCUT2D eigenvalue weighted by molar-refractivity contribution is 0.122. The Labute approximate surface area is 170 Å². The Balaban J connectivity index is 1.50. The maximum atomic E-state index is 14.8. The van der Waals surface area contributed by atoms with E-state index in [9.17, 15) is 8.78 Å². The summed E-state index contributed by atoms with van der Waals surface area (Å²) in [6.45, 7) is 2.46. The average Bonchev–Trinajstić information content (AvgIpc) is 3.24. The van der Waals surface area contributed by atoms with Gasteiger partial charge >= 0.3 is 0 Å². The van der Waals surface area contributed by atoms with Crippen LogP contribution in [0.2, 0.25) is 0 Å². The zero-order valence-electron chi connectivity index (χ0n) is 15.9. The van der Waals surface area contributed by atoms with Crippen molar-refractivity contribution < 1.29 is 13.5 Å². The van der Waals surface area contributed by atoms with E-state index in [1.807, 2.05) is 4.90 Å². The molecule has 152 valence electrons. The second-order valence-electron chi connectivity index (χ2n) is 6.90. The highest BCUT2D eigenvalue weighted by molar-refractivity contribution is 5.88. The lowest BCUT2D eigenvalue weighted by Gasteiger charge is -2.29. The molecule has 0 amide bonds.